The highest BCUT2D eigenvalue weighted by atomic mass is 16.7. The van der Waals surface area contributed by atoms with Crippen molar-refractivity contribution in [3.8, 4) is 17.2 Å². The van der Waals surface area contributed by atoms with Crippen LogP contribution in [0, 0.1) is 0 Å². The van der Waals surface area contributed by atoms with Gasteiger partial charge in [-0.15, -0.1) is 0 Å². The van der Waals surface area contributed by atoms with Gasteiger partial charge in [0, 0.05) is 11.1 Å². The Morgan fingerprint density at radius 2 is 2.00 bits per heavy atom. The first-order chi connectivity index (χ1) is 13.7. The molecule has 0 atom stereocenters. The topological polar surface area (TPSA) is 98.2 Å². The highest BCUT2D eigenvalue weighted by Gasteiger charge is 2.16. The van der Waals surface area contributed by atoms with Gasteiger partial charge in [-0.25, -0.2) is 5.43 Å². The maximum atomic E-state index is 12.1. The van der Waals surface area contributed by atoms with Gasteiger partial charge >= 0.3 is 0 Å². The van der Waals surface area contributed by atoms with Gasteiger partial charge in [0.25, 0.3) is 11.8 Å². The minimum atomic E-state index is -0.447. The molecule has 28 heavy (non-hydrogen) atoms. The second-order valence-corrected chi connectivity index (χ2v) is 5.93. The van der Waals surface area contributed by atoms with Gasteiger partial charge in [0.05, 0.1) is 19.4 Å². The first kappa shape index (κ1) is 19.2. The van der Waals surface area contributed by atoms with Gasteiger partial charge in [-0.2, -0.15) is 5.10 Å². The number of carbonyl (C=O) groups excluding carboxylic acids is 2. The second-order valence-electron chi connectivity index (χ2n) is 5.93. The number of carbonyl (C=O) groups is 2. The van der Waals surface area contributed by atoms with Crippen LogP contribution < -0.4 is 25.0 Å². The fourth-order valence-corrected chi connectivity index (χ4v) is 2.44. The predicted molar refractivity (Wildman–Crippen MR) is 103 cm³/mol. The summed E-state index contributed by atoms with van der Waals surface area (Å²) in [6, 6.07) is 12.2. The van der Waals surface area contributed by atoms with Crippen molar-refractivity contribution in [1.29, 1.82) is 0 Å². The van der Waals surface area contributed by atoms with Crippen LogP contribution in [0.2, 0.25) is 0 Å². The van der Waals surface area contributed by atoms with Gasteiger partial charge in [-0.05, 0) is 36.8 Å². The molecule has 8 nitrogen and oxygen atoms in total. The zero-order valence-corrected chi connectivity index (χ0v) is 15.4. The maximum absolute atomic E-state index is 12.1. The monoisotopic (exact) mass is 383 g/mol. The lowest BCUT2D eigenvalue weighted by Crippen LogP contribution is -2.34. The van der Waals surface area contributed by atoms with Gasteiger partial charge in [0.1, 0.15) is 5.75 Å². The average Bonchev–Trinajstić information content (AvgIpc) is 3.19. The van der Waals surface area contributed by atoms with Crippen LogP contribution in [0.5, 0.6) is 17.2 Å². The lowest BCUT2D eigenvalue weighted by Gasteiger charge is -2.07. The minimum absolute atomic E-state index is 0.132. The number of rotatable bonds is 8. The summed E-state index contributed by atoms with van der Waals surface area (Å²) in [6.07, 6.45) is 2.40. The lowest BCUT2D eigenvalue weighted by atomic mass is 10.2. The molecule has 0 saturated carbocycles. The number of ether oxygens (including phenoxy) is 3. The van der Waals surface area contributed by atoms with E-state index in [4.69, 9.17) is 14.2 Å². The van der Waals surface area contributed by atoms with E-state index in [2.05, 4.69) is 15.8 Å². The van der Waals surface area contributed by atoms with Crippen LogP contribution >= 0.6 is 0 Å². The summed E-state index contributed by atoms with van der Waals surface area (Å²) < 4.78 is 16.1. The normalized spacial score (nSPS) is 12.0. The van der Waals surface area contributed by atoms with Crippen molar-refractivity contribution < 1.29 is 23.8 Å². The fraction of sp³-hybridized carbons (Fsp3) is 0.250. The third-order valence-electron chi connectivity index (χ3n) is 3.82. The number of amides is 2. The third-order valence-corrected chi connectivity index (χ3v) is 3.82. The van der Waals surface area contributed by atoms with E-state index >= 15 is 0 Å². The number of hydrogen-bond donors (Lipinski definition) is 2. The molecule has 1 aliphatic heterocycles. The molecular weight excluding hydrogens is 362 g/mol. The van der Waals surface area contributed by atoms with Crippen LogP contribution in [0.25, 0.3) is 0 Å². The zero-order valence-electron chi connectivity index (χ0n) is 15.4. The summed E-state index contributed by atoms with van der Waals surface area (Å²) in [5, 5.41) is 6.45. The Bertz CT molecular complexity index is 882. The van der Waals surface area contributed by atoms with Crippen LogP contribution in [0.3, 0.4) is 0 Å². The Labute approximate surface area is 162 Å². The molecule has 3 rings (SSSR count). The molecule has 2 aromatic rings. The van der Waals surface area contributed by atoms with E-state index in [9.17, 15) is 9.59 Å². The van der Waals surface area contributed by atoms with Crippen molar-refractivity contribution in [3.05, 3.63) is 53.6 Å². The Balaban J connectivity index is 1.48. The number of benzene rings is 2. The highest BCUT2D eigenvalue weighted by molar-refractivity contribution is 5.97. The smallest absolute Gasteiger partial charge is 0.259 e. The molecule has 0 aliphatic carbocycles. The Kier molecular flexibility index (Phi) is 6.46. The third kappa shape index (κ3) is 5.00. The summed E-state index contributed by atoms with van der Waals surface area (Å²) >= 11 is 0. The molecule has 0 aromatic heterocycles. The van der Waals surface area contributed by atoms with Gasteiger partial charge < -0.3 is 19.5 Å². The van der Waals surface area contributed by atoms with Crippen LogP contribution in [-0.4, -0.2) is 38.0 Å². The molecule has 0 spiro atoms. The molecule has 8 heteroatoms. The molecule has 0 unspecified atom stereocenters. The van der Waals surface area contributed by atoms with Crippen molar-refractivity contribution in [1.82, 2.24) is 10.7 Å². The van der Waals surface area contributed by atoms with E-state index in [0.717, 1.165) is 12.0 Å². The molecule has 0 radical (unpaired) electrons. The van der Waals surface area contributed by atoms with Gasteiger partial charge in [0.2, 0.25) is 6.79 Å². The van der Waals surface area contributed by atoms with E-state index in [1.165, 1.54) is 6.21 Å². The molecule has 1 heterocycles. The Morgan fingerprint density at radius 1 is 1.18 bits per heavy atom. The first-order valence-corrected chi connectivity index (χ1v) is 8.89. The van der Waals surface area contributed by atoms with Crippen LogP contribution in [0.1, 0.15) is 29.3 Å². The number of nitrogens with one attached hydrogen (secondary N) is 2. The number of fused-ring (bicyclic) bond motifs is 1. The van der Waals surface area contributed by atoms with Crippen LogP contribution in [0.4, 0.5) is 0 Å². The summed E-state index contributed by atoms with van der Waals surface area (Å²) in [5.41, 5.74) is 3.51. The Hall–Kier alpha value is -3.55. The molecule has 2 N–H and O–H groups in total. The van der Waals surface area contributed by atoms with Crippen LogP contribution in [0.15, 0.2) is 47.6 Å². The minimum Gasteiger partial charge on any atom is -0.493 e. The molecule has 0 bridgehead atoms. The molecule has 2 aromatic carbocycles. The zero-order chi connectivity index (χ0) is 19.8. The fourth-order valence-electron chi connectivity index (χ4n) is 2.44. The van der Waals surface area contributed by atoms with Crippen molar-refractivity contribution in [3.63, 3.8) is 0 Å². The van der Waals surface area contributed by atoms with Gasteiger partial charge in [-0.3, -0.25) is 9.59 Å². The molecule has 0 saturated heterocycles. The molecule has 0 fully saturated rings. The van der Waals surface area contributed by atoms with Crippen molar-refractivity contribution in [2.45, 2.75) is 13.3 Å². The standard InChI is InChI=1S/C20H21N3O5/c1-2-9-26-16-6-4-3-5-15(16)11-22-23-19(24)12-21-20(25)14-7-8-17-18(10-14)28-13-27-17/h3-8,10-11H,2,9,12-13H2,1H3,(H,21,25)(H,23,24)/b22-11-. The highest BCUT2D eigenvalue weighted by Crippen LogP contribution is 2.32. The van der Waals surface area contributed by atoms with E-state index in [1.807, 2.05) is 31.2 Å². The van der Waals surface area contributed by atoms with E-state index in [0.29, 0.717) is 29.4 Å². The van der Waals surface area contributed by atoms with Crippen LogP contribution in [-0.2, 0) is 4.79 Å². The predicted octanol–water partition coefficient (Wildman–Crippen LogP) is 2.08. The maximum Gasteiger partial charge on any atom is 0.259 e. The van der Waals surface area contributed by atoms with E-state index in [1.54, 1.807) is 18.2 Å². The average molecular weight is 383 g/mol. The first-order valence-electron chi connectivity index (χ1n) is 8.89. The SMILES string of the molecule is CCCOc1ccccc1/C=N\NC(=O)CNC(=O)c1ccc2c(c1)OCO2. The largest absolute Gasteiger partial charge is 0.493 e. The van der Waals surface area contributed by atoms with E-state index < -0.39 is 11.8 Å². The number of nitrogens with zero attached hydrogens (tertiary/aromatic N) is 1. The Morgan fingerprint density at radius 3 is 2.86 bits per heavy atom. The van der Waals surface area contributed by atoms with E-state index in [-0.39, 0.29) is 13.3 Å². The molecule has 2 amide bonds. The summed E-state index contributed by atoms with van der Waals surface area (Å²) in [6.45, 7) is 2.55. The number of hydrogen-bond acceptors (Lipinski definition) is 6. The molecule has 1 aliphatic rings. The summed E-state index contributed by atoms with van der Waals surface area (Å²) in [4.78, 5) is 24.0. The van der Waals surface area contributed by atoms with Crippen molar-refractivity contribution in [2.24, 2.45) is 5.10 Å². The second kappa shape index (κ2) is 9.40. The molecular formula is C20H21N3O5. The van der Waals surface area contributed by atoms with Crippen molar-refractivity contribution >= 4 is 18.0 Å². The number of para-hydroxylation sites is 1. The lowest BCUT2D eigenvalue weighted by molar-refractivity contribution is -0.120. The quantitative estimate of drug-likeness (QED) is 0.537. The summed E-state index contributed by atoms with van der Waals surface area (Å²) in [7, 11) is 0. The van der Waals surface area contributed by atoms with Gasteiger partial charge in [0.15, 0.2) is 11.5 Å². The molecule has 146 valence electrons. The van der Waals surface area contributed by atoms with Gasteiger partial charge in [-0.1, -0.05) is 19.1 Å². The summed E-state index contributed by atoms with van der Waals surface area (Å²) in [5.74, 6) is 0.948. The van der Waals surface area contributed by atoms with Crippen molar-refractivity contribution in [2.75, 3.05) is 19.9 Å². The number of hydrazone groups is 1.